The number of benzene rings is 1. The Labute approximate surface area is 124 Å². The summed E-state index contributed by atoms with van der Waals surface area (Å²) in [6.07, 6.45) is 5.60. The van der Waals surface area contributed by atoms with Gasteiger partial charge in [0.2, 0.25) is 0 Å². The van der Waals surface area contributed by atoms with E-state index in [1.165, 1.54) is 18.4 Å². The smallest absolute Gasteiger partial charge is 0.0655 e. The fourth-order valence-corrected chi connectivity index (χ4v) is 3.05. The lowest BCUT2D eigenvalue weighted by Gasteiger charge is -2.32. The second kappa shape index (κ2) is 7.07. The SMILES string of the molecule is CN(CCc1ccc(Br)cc1)C1CCC(C#N)CC1. The fourth-order valence-electron chi connectivity index (χ4n) is 2.78. The summed E-state index contributed by atoms with van der Waals surface area (Å²) in [4.78, 5) is 2.47. The van der Waals surface area contributed by atoms with Gasteiger partial charge in [0.15, 0.2) is 0 Å². The third-order valence-corrected chi connectivity index (χ3v) is 4.70. The molecule has 1 fully saturated rings. The van der Waals surface area contributed by atoms with Crippen LogP contribution in [-0.2, 0) is 6.42 Å². The van der Waals surface area contributed by atoms with Crippen molar-refractivity contribution in [1.82, 2.24) is 4.90 Å². The van der Waals surface area contributed by atoms with Gasteiger partial charge in [-0.05, 0) is 56.8 Å². The summed E-state index contributed by atoms with van der Waals surface area (Å²) in [6, 6.07) is 11.6. The monoisotopic (exact) mass is 320 g/mol. The van der Waals surface area contributed by atoms with Crippen molar-refractivity contribution in [1.29, 1.82) is 5.26 Å². The lowest BCUT2D eigenvalue weighted by molar-refractivity contribution is 0.180. The Kier molecular flexibility index (Phi) is 5.42. The Morgan fingerprint density at radius 1 is 1.21 bits per heavy atom. The number of hydrogen-bond donors (Lipinski definition) is 0. The molecule has 0 heterocycles. The maximum absolute atomic E-state index is 8.92. The Balaban J connectivity index is 1.77. The van der Waals surface area contributed by atoms with Crippen LogP contribution in [0.3, 0.4) is 0 Å². The molecule has 2 nitrogen and oxygen atoms in total. The number of likely N-dealkylation sites (N-methyl/N-ethyl adjacent to an activating group) is 1. The summed E-state index contributed by atoms with van der Waals surface area (Å²) in [5.74, 6) is 0.302. The summed E-state index contributed by atoms with van der Waals surface area (Å²) >= 11 is 3.46. The van der Waals surface area contributed by atoms with Crippen LogP contribution in [0.1, 0.15) is 31.2 Å². The molecule has 0 bridgehead atoms. The molecule has 1 saturated carbocycles. The Morgan fingerprint density at radius 2 is 1.84 bits per heavy atom. The van der Waals surface area contributed by atoms with Crippen molar-refractivity contribution in [3.8, 4) is 6.07 Å². The average Bonchev–Trinajstić information content (AvgIpc) is 2.46. The van der Waals surface area contributed by atoms with Crippen LogP contribution in [0.2, 0.25) is 0 Å². The van der Waals surface area contributed by atoms with Crippen molar-refractivity contribution in [2.24, 2.45) is 5.92 Å². The third-order valence-electron chi connectivity index (χ3n) is 4.17. The van der Waals surface area contributed by atoms with E-state index in [-0.39, 0.29) is 0 Å². The van der Waals surface area contributed by atoms with E-state index in [0.29, 0.717) is 12.0 Å². The first-order valence-electron chi connectivity index (χ1n) is 7.03. The number of nitrogens with zero attached hydrogens (tertiary/aromatic N) is 2. The molecule has 0 unspecified atom stereocenters. The molecular formula is C16H21BrN2. The van der Waals surface area contributed by atoms with E-state index in [2.05, 4.69) is 58.2 Å². The molecule has 3 heteroatoms. The summed E-state index contributed by atoms with van der Waals surface area (Å²) in [5.41, 5.74) is 1.39. The first kappa shape index (κ1) is 14.6. The van der Waals surface area contributed by atoms with Gasteiger partial charge in [0.25, 0.3) is 0 Å². The highest BCUT2D eigenvalue weighted by atomic mass is 79.9. The van der Waals surface area contributed by atoms with Crippen LogP contribution >= 0.6 is 15.9 Å². The van der Waals surface area contributed by atoms with E-state index in [0.717, 1.165) is 30.3 Å². The Hall–Kier alpha value is -0.850. The molecule has 0 atom stereocenters. The van der Waals surface area contributed by atoms with E-state index in [1.807, 2.05) is 0 Å². The van der Waals surface area contributed by atoms with Gasteiger partial charge in [-0.1, -0.05) is 28.1 Å². The quantitative estimate of drug-likeness (QED) is 0.838. The largest absolute Gasteiger partial charge is 0.303 e. The van der Waals surface area contributed by atoms with Gasteiger partial charge >= 0.3 is 0 Å². The molecule has 102 valence electrons. The predicted octanol–water partition coefficient (Wildman–Crippen LogP) is 4.01. The van der Waals surface area contributed by atoms with Crippen molar-refractivity contribution in [2.45, 2.75) is 38.1 Å². The zero-order chi connectivity index (χ0) is 13.7. The average molecular weight is 321 g/mol. The summed E-state index contributed by atoms with van der Waals surface area (Å²) < 4.78 is 1.14. The standard InChI is InChI=1S/C16H21BrN2/c1-19(16-8-4-14(12-18)5-9-16)11-10-13-2-6-15(17)7-3-13/h2-3,6-7,14,16H,4-5,8-11H2,1H3. The first-order valence-corrected chi connectivity index (χ1v) is 7.82. The molecule has 0 aliphatic heterocycles. The Morgan fingerprint density at radius 3 is 2.42 bits per heavy atom. The highest BCUT2D eigenvalue weighted by Gasteiger charge is 2.23. The number of nitriles is 1. The molecule has 1 aliphatic rings. The van der Waals surface area contributed by atoms with Crippen molar-refractivity contribution in [3.63, 3.8) is 0 Å². The first-order chi connectivity index (χ1) is 9.19. The summed E-state index contributed by atoms with van der Waals surface area (Å²) in [5, 5.41) is 8.92. The van der Waals surface area contributed by atoms with Crippen LogP contribution in [0, 0.1) is 17.2 Å². The van der Waals surface area contributed by atoms with E-state index < -0.39 is 0 Å². The van der Waals surface area contributed by atoms with Gasteiger partial charge < -0.3 is 4.90 Å². The molecular weight excluding hydrogens is 300 g/mol. The number of halogens is 1. The molecule has 1 aromatic carbocycles. The van der Waals surface area contributed by atoms with Gasteiger partial charge in [-0.25, -0.2) is 0 Å². The van der Waals surface area contributed by atoms with E-state index >= 15 is 0 Å². The lowest BCUT2D eigenvalue weighted by Crippen LogP contribution is -2.36. The van der Waals surface area contributed by atoms with E-state index in [1.54, 1.807) is 0 Å². The fraction of sp³-hybridized carbons (Fsp3) is 0.562. The highest BCUT2D eigenvalue weighted by Crippen LogP contribution is 2.26. The highest BCUT2D eigenvalue weighted by molar-refractivity contribution is 9.10. The summed E-state index contributed by atoms with van der Waals surface area (Å²) in [7, 11) is 2.22. The molecule has 2 rings (SSSR count). The normalized spacial score (nSPS) is 23.3. The molecule has 0 amide bonds. The minimum absolute atomic E-state index is 0.302. The minimum atomic E-state index is 0.302. The van der Waals surface area contributed by atoms with E-state index in [4.69, 9.17) is 5.26 Å². The van der Waals surface area contributed by atoms with Gasteiger partial charge in [0.1, 0.15) is 0 Å². The van der Waals surface area contributed by atoms with Crippen molar-refractivity contribution in [2.75, 3.05) is 13.6 Å². The van der Waals surface area contributed by atoms with Crippen LogP contribution in [0.25, 0.3) is 0 Å². The van der Waals surface area contributed by atoms with Crippen LogP contribution in [0.15, 0.2) is 28.7 Å². The molecule has 0 N–H and O–H groups in total. The van der Waals surface area contributed by atoms with Crippen LogP contribution in [0.5, 0.6) is 0 Å². The predicted molar refractivity (Wildman–Crippen MR) is 81.8 cm³/mol. The van der Waals surface area contributed by atoms with Crippen molar-refractivity contribution < 1.29 is 0 Å². The lowest BCUT2D eigenvalue weighted by atomic mass is 9.86. The Bertz CT molecular complexity index is 427. The zero-order valence-electron chi connectivity index (χ0n) is 11.5. The van der Waals surface area contributed by atoms with E-state index in [9.17, 15) is 0 Å². The van der Waals surface area contributed by atoms with Crippen LogP contribution < -0.4 is 0 Å². The maximum Gasteiger partial charge on any atom is 0.0655 e. The molecule has 0 aromatic heterocycles. The zero-order valence-corrected chi connectivity index (χ0v) is 13.1. The van der Waals surface area contributed by atoms with Gasteiger partial charge in [-0.2, -0.15) is 5.26 Å². The topological polar surface area (TPSA) is 27.0 Å². The molecule has 0 saturated heterocycles. The second-order valence-electron chi connectivity index (χ2n) is 5.49. The van der Waals surface area contributed by atoms with Gasteiger partial charge in [-0.15, -0.1) is 0 Å². The van der Waals surface area contributed by atoms with Gasteiger partial charge in [0, 0.05) is 23.0 Å². The third kappa shape index (κ3) is 4.33. The van der Waals surface area contributed by atoms with Crippen LogP contribution in [0.4, 0.5) is 0 Å². The number of hydrogen-bond acceptors (Lipinski definition) is 2. The molecule has 0 spiro atoms. The summed E-state index contributed by atoms with van der Waals surface area (Å²) in [6.45, 7) is 1.10. The van der Waals surface area contributed by atoms with Gasteiger partial charge in [-0.3, -0.25) is 0 Å². The minimum Gasteiger partial charge on any atom is -0.303 e. The molecule has 0 radical (unpaired) electrons. The van der Waals surface area contributed by atoms with Crippen molar-refractivity contribution >= 4 is 15.9 Å². The molecule has 1 aromatic rings. The second-order valence-corrected chi connectivity index (χ2v) is 6.41. The van der Waals surface area contributed by atoms with Crippen LogP contribution in [-0.4, -0.2) is 24.5 Å². The van der Waals surface area contributed by atoms with Gasteiger partial charge in [0.05, 0.1) is 6.07 Å². The maximum atomic E-state index is 8.92. The molecule has 19 heavy (non-hydrogen) atoms. The molecule has 1 aliphatic carbocycles. The number of rotatable bonds is 4. The van der Waals surface area contributed by atoms with Crippen molar-refractivity contribution in [3.05, 3.63) is 34.3 Å².